The SMILES string of the molecule is O=C(CN1CCC2(CCCCc3ccccc3OCCCNC2=O)CC1)N1CCCC1c1ccccn1. The van der Waals surface area contributed by atoms with Crippen LogP contribution in [0.3, 0.4) is 0 Å². The number of pyridine rings is 1. The monoisotopic (exact) mass is 504 g/mol. The van der Waals surface area contributed by atoms with Crippen LogP contribution in [-0.4, -0.2) is 65.9 Å². The normalized spacial score (nSPS) is 23.2. The van der Waals surface area contributed by atoms with Crippen molar-refractivity contribution in [1.82, 2.24) is 20.1 Å². The number of aryl methyl sites for hydroxylation is 1. The Morgan fingerprint density at radius 3 is 2.68 bits per heavy atom. The minimum atomic E-state index is -0.335. The number of rotatable bonds is 3. The van der Waals surface area contributed by atoms with Crippen molar-refractivity contribution in [3.63, 3.8) is 0 Å². The van der Waals surface area contributed by atoms with Crippen LogP contribution in [0.25, 0.3) is 0 Å². The molecule has 37 heavy (non-hydrogen) atoms. The van der Waals surface area contributed by atoms with Gasteiger partial charge in [-0.3, -0.25) is 19.5 Å². The number of para-hydroxylation sites is 1. The Morgan fingerprint density at radius 2 is 1.84 bits per heavy atom. The number of piperidine rings is 1. The second kappa shape index (κ2) is 12.1. The van der Waals surface area contributed by atoms with Crippen molar-refractivity contribution in [1.29, 1.82) is 0 Å². The number of benzene rings is 1. The fourth-order valence-electron chi connectivity index (χ4n) is 6.23. The molecule has 1 unspecified atom stereocenters. The summed E-state index contributed by atoms with van der Waals surface area (Å²) in [5, 5.41) is 3.21. The van der Waals surface area contributed by atoms with E-state index < -0.39 is 0 Å². The van der Waals surface area contributed by atoms with E-state index in [0.29, 0.717) is 19.7 Å². The standard InChI is InChI=1S/C30H40N4O3/c35-28(34-19-7-12-26(34)25-11-4-6-17-31-25)23-33-20-15-30(16-21-33)14-5-3-10-24-9-1-2-13-27(24)37-22-8-18-32-29(30)36/h1-2,4,6,9,11,13,17,26H,3,5,7-8,10,12,14-16,18-23H2,(H,32,36). The van der Waals surface area contributed by atoms with E-state index in [1.807, 2.05) is 41.4 Å². The van der Waals surface area contributed by atoms with Gasteiger partial charge in [0.25, 0.3) is 0 Å². The van der Waals surface area contributed by atoms with Gasteiger partial charge in [-0.1, -0.05) is 30.7 Å². The maximum atomic E-state index is 13.4. The third-order valence-corrected chi connectivity index (χ3v) is 8.44. The summed E-state index contributed by atoms with van der Waals surface area (Å²) in [5.41, 5.74) is 1.91. The minimum Gasteiger partial charge on any atom is -0.493 e. The number of nitrogens with zero attached hydrogens (tertiary/aromatic N) is 3. The first kappa shape index (κ1) is 25.7. The lowest BCUT2D eigenvalue weighted by molar-refractivity contribution is -0.137. The van der Waals surface area contributed by atoms with E-state index in [1.165, 1.54) is 5.56 Å². The van der Waals surface area contributed by atoms with E-state index >= 15 is 0 Å². The van der Waals surface area contributed by atoms with Crippen LogP contribution in [0.5, 0.6) is 5.75 Å². The smallest absolute Gasteiger partial charge is 0.237 e. The number of nitrogens with one attached hydrogen (secondary N) is 1. The zero-order valence-electron chi connectivity index (χ0n) is 21.9. The number of aromatic nitrogens is 1. The highest BCUT2D eigenvalue weighted by molar-refractivity contribution is 5.83. The van der Waals surface area contributed by atoms with E-state index in [1.54, 1.807) is 0 Å². The lowest BCUT2D eigenvalue weighted by Gasteiger charge is -2.41. The topological polar surface area (TPSA) is 74.8 Å². The van der Waals surface area contributed by atoms with Gasteiger partial charge in [-0.05, 0) is 88.2 Å². The quantitative estimate of drug-likeness (QED) is 0.680. The Hall–Kier alpha value is -2.93. The maximum Gasteiger partial charge on any atom is 0.237 e. The van der Waals surface area contributed by atoms with Gasteiger partial charge < -0.3 is 15.0 Å². The Balaban J connectivity index is 1.18. The molecule has 3 aliphatic rings. The number of ether oxygens (including phenoxy) is 1. The molecule has 5 rings (SSSR count). The Bertz CT molecular complexity index is 1050. The van der Waals surface area contributed by atoms with Crippen molar-refractivity contribution in [2.24, 2.45) is 5.41 Å². The molecule has 1 N–H and O–H groups in total. The van der Waals surface area contributed by atoms with E-state index in [-0.39, 0.29) is 23.3 Å². The summed E-state index contributed by atoms with van der Waals surface area (Å²) in [6.45, 7) is 4.04. The number of likely N-dealkylation sites (tertiary alicyclic amines) is 2. The molecule has 0 bridgehead atoms. The van der Waals surface area contributed by atoms with Gasteiger partial charge in [0.2, 0.25) is 11.8 Å². The van der Waals surface area contributed by atoms with Crippen LogP contribution in [0.4, 0.5) is 0 Å². The number of carbonyl (C=O) groups excluding carboxylic acids is 2. The first-order valence-electron chi connectivity index (χ1n) is 14.1. The highest BCUT2D eigenvalue weighted by Gasteiger charge is 2.41. The molecule has 4 heterocycles. The number of amides is 2. The summed E-state index contributed by atoms with van der Waals surface area (Å²) in [5.74, 6) is 1.34. The molecule has 1 aromatic heterocycles. The molecule has 2 fully saturated rings. The van der Waals surface area contributed by atoms with Crippen molar-refractivity contribution < 1.29 is 14.3 Å². The zero-order valence-corrected chi connectivity index (χ0v) is 21.9. The lowest BCUT2D eigenvalue weighted by atomic mass is 9.73. The fraction of sp³-hybridized carbons (Fsp3) is 0.567. The fourth-order valence-corrected chi connectivity index (χ4v) is 6.23. The van der Waals surface area contributed by atoms with Crippen LogP contribution in [-0.2, 0) is 16.0 Å². The second-order valence-electron chi connectivity index (χ2n) is 10.8. The summed E-state index contributed by atoms with van der Waals surface area (Å²) < 4.78 is 6.00. The van der Waals surface area contributed by atoms with Crippen LogP contribution in [0.2, 0.25) is 0 Å². The van der Waals surface area contributed by atoms with Crippen molar-refractivity contribution in [3.05, 3.63) is 59.9 Å². The molecular weight excluding hydrogens is 464 g/mol. The number of hydrogen-bond acceptors (Lipinski definition) is 5. The predicted molar refractivity (Wildman–Crippen MR) is 143 cm³/mol. The van der Waals surface area contributed by atoms with Crippen LogP contribution in [0.1, 0.15) is 68.7 Å². The Labute approximate surface area is 220 Å². The molecule has 7 nitrogen and oxygen atoms in total. The molecule has 2 amide bonds. The van der Waals surface area contributed by atoms with Crippen molar-refractivity contribution in [2.75, 3.05) is 39.3 Å². The molecule has 3 aliphatic heterocycles. The maximum absolute atomic E-state index is 13.4. The van der Waals surface area contributed by atoms with Gasteiger partial charge in [-0.25, -0.2) is 0 Å². The van der Waals surface area contributed by atoms with Crippen LogP contribution >= 0.6 is 0 Å². The van der Waals surface area contributed by atoms with Gasteiger partial charge in [0.15, 0.2) is 0 Å². The van der Waals surface area contributed by atoms with Crippen molar-refractivity contribution >= 4 is 11.8 Å². The molecule has 198 valence electrons. The van der Waals surface area contributed by atoms with Gasteiger partial charge in [0.05, 0.1) is 30.3 Å². The minimum absolute atomic E-state index is 0.0834. The summed E-state index contributed by atoms with van der Waals surface area (Å²) in [6, 6.07) is 14.3. The molecule has 7 heteroatoms. The summed E-state index contributed by atoms with van der Waals surface area (Å²) in [4.78, 5) is 35.4. The molecule has 1 spiro atoms. The van der Waals surface area contributed by atoms with Gasteiger partial charge in [0, 0.05) is 19.3 Å². The van der Waals surface area contributed by atoms with E-state index in [4.69, 9.17) is 4.74 Å². The predicted octanol–water partition coefficient (Wildman–Crippen LogP) is 4.14. The Kier molecular flexibility index (Phi) is 8.39. The van der Waals surface area contributed by atoms with E-state index in [0.717, 1.165) is 88.9 Å². The molecule has 0 radical (unpaired) electrons. The molecule has 0 aliphatic carbocycles. The van der Waals surface area contributed by atoms with Crippen molar-refractivity contribution in [2.45, 2.75) is 63.8 Å². The zero-order chi connectivity index (χ0) is 25.5. The summed E-state index contributed by atoms with van der Waals surface area (Å²) in [6.07, 6.45) is 10.1. The molecule has 0 saturated carbocycles. The number of carbonyl (C=O) groups is 2. The van der Waals surface area contributed by atoms with Crippen molar-refractivity contribution in [3.8, 4) is 5.75 Å². The van der Waals surface area contributed by atoms with Crippen LogP contribution in [0, 0.1) is 5.41 Å². The Morgan fingerprint density at radius 1 is 1.00 bits per heavy atom. The highest BCUT2D eigenvalue weighted by atomic mass is 16.5. The molecule has 1 aromatic carbocycles. The molecule has 2 aromatic rings. The second-order valence-corrected chi connectivity index (χ2v) is 10.8. The van der Waals surface area contributed by atoms with Gasteiger partial charge >= 0.3 is 0 Å². The number of hydrogen-bond donors (Lipinski definition) is 1. The van der Waals surface area contributed by atoms with Gasteiger partial charge in [0.1, 0.15) is 5.75 Å². The van der Waals surface area contributed by atoms with Gasteiger partial charge in [-0.2, -0.15) is 0 Å². The van der Waals surface area contributed by atoms with Crippen LogP contribution < -0.4 is 10.1 Å². The largest absolute Gasteiger partial charge is 0.493 e. The number of fused-ring (bicyclic) bond motifs is 1. The summed E-state index contributed by atoms with van der Waals surface area (Å²) >= 11 is 0. The lowest BCUT2D eigenvalue weighted by Crippen LogP contribution is -2.51. The molecule has 1 atom stereocenters. The van der Waals surface area contributed by atoms with Gasteiger partial charge in [-0.15, -0.1) is 0 Å². The highest BCUT2D eigenvalue weighted by Crippen LogP contribution is 2.38. The molecule has 2 saturated heterocycles. The average Bonchev–Trinajstić information content (AvgIpc) is 3.43. The van der Waals surface area contributed by atoms with Crippen LogP contribution in [0.15, 0.2) is 48.7 Å². The first-order chi connectivity index (χ1) is 18.1. The average molecular weight is 505 g/mol. The van der Waals surface area contributed by atoms with E-state index in [2.05, 4.69) is 27.3 Å². The molecular formula is C30H40N4O3. The van der Waals surface area contributed by atoms with E-state index in [9.17, 15) is 9.59 Å². The third kappa shape index (κ3) is 6.15. The third-order valence-electron chi connectivity index (χ3n) is 8.44. The summed E-state index contributed by atoms with van der Waals surface area (Å²) in [7, 11) is 0. The first-order valence-corrected chi connectivity index (χ1v) is 14.1.